The molecule has 1 heterocycles. The first-order chi connectivity index (χ1) is 14.9. The lowest BCUT2D eigenvalue weighted by Gasteiger charge is -2.18. The van der Waals surface area contributed by atoms with Crippen molar-refractivity contribution in [2.24, 2.45) is 0 Å². The molecule has 8 nitrogen and oxygen atoms in total. The minimum atomic E-state index is -0.763. The first-order valence-corrected chi connectivity index (χ1v) is 9.71. The molecule has 8 heteroatoms. The zero-order chi connectivity index (χ0) is 22.5. The maximum atomic E-state index is 13.1. The van der Waals surface area contributed by atoms with Gasteiger partial charge in [0.15, 0.2) is 0 Å². The number of aliphatic hydroxyl groups is 1. The van der Waals surface area contributed by atoms with E-state index < -0.39 is 23.9 Å². The number of amides is 2. The van der Waals surface area contributed by atoms with Gasteiger partial charge in [-0.2, -0.15) is 0 Å². The average Bonchev–Trinajstić information content (AvgIpc) is 3.04. The zero-order valence-electron chi connectivity index (χ0n) is 17.3. The third-order valence-corrected chi connectivity index (χ3v) is 4.76. The Morgan fingerprint density at radius 2 is 1.90 bits per heavy atom. The van der Waals surface area contributed by atoms with Crippen LogP contribution in [0.5, 0.6) is 11.5 Å². The Morgan fingerprint density at radius 3 is 2.58 bits per heavy atom. The largest absolute Gasteiger partial charge is 0.497 e. The number of imide groups is 1. The molecule has 1 unspecified atom stereocenters. The Morgan fingerprint density at radius 1 is 1.16 bits per heavy atom. The van der Waals surface area contributed by atoms with Gasteiger partial charge in [-0.25, -0.2) is 9.69 Å². The molecule has 1 aliphatic rings. The van der Waals surface area contributed by atoms with E-state index in [2.05, 4.69) is 6.58 Å². The van der Waals surface area contributed by atoms with Crippen LogP contribution in [0.15, 0.2) is 49.1 Å². The van der Waals surface area contributed by atoms with Gasteiger partial charge in [-0.05, 0) is 36.8 Å². The van der Waals surface area contributed by atoms with Crippen LogP contribution in [0.4, 0.5) is 5.69 Å². The number of aliphatic hydroxyl groups excluding tert-OH is 1. The van der Waals surface area contributed by atoms with Gasteiger partial charge in [0.25, 0.3) is 11.8 Å². The van der Waals surface area contributed by atoms with Gasteiger partial charge < -0.3 is 19.3 Å². The molecule has 0 aromatic heterocycles. The van der Waals surface area contributed by atoms with Crippen LogP contribution in [0.3, 0.4) is 0 Å². The third-order valence-electron chi connectivity index (χ3n) is 4.76. The molecule has 1 aliphatic heterocycles. The van der Waals surface area contributed by atoms with Crippen molar-refractivity contribution < 1.29 is 33.7 Å². The average molecular weight is 425 g/mol. The molecule has 2 aromatic rings. The van der Waals surface area contributed by atoms with E-state index in [-0.39, 0.29) is 41.3 Å². The van der Waals surface area contributed by atoms with Crippen LogP contribution >= 0.6 is 0 Å². The molecule has 1 atom stereocenters. The number of ether oxygens (including phenoxy) is 3. The van der Waals surface area contributed by atoms with Crippen LogP contribution in [-0.2, 0) is 4.74 Å². The molecule has 2 amide bonds. The molecule has 31 heavy (non-hydrogen) atoms. The third kappa shape index (κ3) is 4.44. The fourth-order valence-electron chi connectivity index (χ4n) is 3.03. The Kier molecular flexibility index (Phi) is 6.71. The van der Waals surface area contributed by atoms with Crippen molar-refractivity contribution in [1.82, 2.24) is 0 Å². The van der Waals surface area contributed by atoms with E-state index in [4.69, 9.17) is 14.2 Å². The van der Waals surface area contributed by atoms with E-state index in [9.17, 15) is 19.5 Å². The highest BCUT2D eigenvalue weighted by Crippen LogP contribution is 2.37. The minimum Gasteiger partial charge on any atom is -0.497 e. The molecule has 0 bridgehead atoms. The second-order valence-corrected chi connectivity index (χ2v) is 6.80. The number of nitrogens with zero attached hydrogens (tertiary/aromatic N) is 1. The number of hydrogen-bond acceptors (Lipinski definition) is 7. The van der Waals surface area contributed by atoms with Crippen LogP contribution in [0.2, 0.25) is 0 Å². The topological polar surface area (TPSA) is 102 Å². The molecule has 2 aromatic carbocycles. The highest BCUT2D eigenvalue weighted by molar-refractivity contribution is 6.35. The molecule has 3 rings (SSSR count). The summed E-state index contributed by atoms with van der Waals surface area (Å²) >= 11 is 0. The van der Waals surface area contributed by atoms with Crippen molar-refractivity contribution in [2.75, 3.05) is 25.2 Å². The van der Waals surface area contributed by atoms with Gasteiger partial charge in [0.05, 0.1) is 35.6 Å². The molecule has 0 spiro atoms. The van der Waals surface area contributed by atoms with Crippen molar-refractivity contribution in [2.45, 2.75) is 19.4 Å². The smallest absolute Gasteiger partial charge is 0.338 e. The summed E-state index contributed by atoms with van der Waals surface area (Å²) in [5.74, 6) is -1.03. The van der Waals surface area contributed by atoms with Gasteiger partial charge in [0.1, 0.15) is 24.7 Å². The lowest BCUT2D eigenvalue weighted by Crippen LogP contribution is -2.29. The minimum absolute atomic E-state index is 0.0842. The summed E-state index contributed by atoms with van der Waals surface area (Å²) in [4.78, 5) is 39.3. The maximum Gasteiger partial charge on any atom is 0.338 e. The quantitative estimate of drug-likeness (QED) is 0.374. The first-order valence-electron chi connectivity index (χ1n) is 9.71. The van der Waals surface area contributed by atoms with Crippen molar-refractivity contribution in [1.29, 1.82) is 0 Å². The zero-order valence-corrected chi connectivity index (χ0v) is 17.3. The normalized spacial score (nSPS) is 13.6. The van der Waals surface area contributed by atoms with Gasteiger partial charge in [0, 0.05) is 6.07 Å². The number of fused-ring (bicyclic) bond motifs is 1. The number of rotatable bonds is 9. The summed E-state index contributed by atoms with van der Waals surface area (Å²) in [7, 11) is 1.49. The Labute approximate surface area is 179 Å². The second kappa shape index (κ2) is 9.44. The predicted molar refractivity (Wildman–Crippen MR) is 113 cm³/mol. The maximum absolute atomic E-state index is 13.1. The van der Waals surface area contributed by atoms with Gasteiger partial charge in [0.2, 0.25) is 0 Å². The fourth-order valence-corrected chi connectivity index (χ4v) is 3.03. The highest BCUT2D eigenvalue weighted by atomic mass is 16.5. The van der Waals surface area contributed by atoms with E-state index in [0.717, 1.165) is 4.90 Å². The summed E-state index contributed by atoms with van der Waals surface area (Å²) in [5.41, 5.74) is 0.619. The molecular weight excluding hydrogens is 402 g/mol. The lowest BCUT2D eigenvalue weighted by atomic mass is 10.1. The Hall–Kier alpha value is -3.65. The highest BCUT2D eigenvalue weighted by Gasteiger charge is 2.38. The molecule has 0 saturated heterocycles. The van der Waals surface area contributed by atoms with Gasteiger partial charge in [-0.1, -0.05) is 19.6 Å². The number of esters is 1. The summed E-state index contributed by atoms with van der Waals surface area (Å²) in [6.45, 7) is 5.38. The van der Waals surface area contributed by atoms with E-state index in [0.29, 0.717) is 12.2 Å². The molecule has 162 valence electrons. The number of methoxy groups -OCH3 is 1. The molecule has 0 aliphatic carbocycles. The lowest BCUT2D eigenvalue weighted by molar-refractivity contribution is 0.0250. The summed E-state index contributed by atoms with van der Waals surface area (Å²) < 4.78 is 15.9. The predicted octanol–water partition coefficient (Wildman–Crippen LogP) is 2.99. The molecule has 0 radical (unpaired) electrons. The van der Waals surface area contributed by atoms with E-state index >= 15 is 0 Å². The van der Waals surface area contributed by atoms with Crippen molar-refractivity contribution >= 4 is 23.5 Å². The standard InChI is InChI=1S/C23H23NO7/c1-4-10-30-20-12-16(29-3)7-9-19(20)24-21(26)17-8-6-14(11-18(17)22(24)27)23(28)31-13-15(25)5-2/h4,6-9,11-12,15,25H,1,5,10,13H2,2-3H3. The van der Waals surface area contributed by atoms with Crippen molar-refractivity contribution in [3.8, 4) is 11.5 Å². The van der Waals surface area contributed by atoms with Crippen LogP contribution in [0.1, 0.15) is 44.4 Å². The number of hydrogen-bond donors (Lipinski definition) is 1. The molecule has 0 fully saturated rings. The number of carbonyl (C=O) groups is 3. The van der Waals surface area contributed by atoms with Crippen LogP contribution in [0, 0.1) is 0 Å². The van der Waals surface area contributed by atoms with Crippen molar-refractivity contribution in [3.05, 3.63) is 65.7 Å². The van der Waals surface area contributed by atoms with Crippen LogP contribution < -0.4 is 14.4 Å². The van der Waals surface area contributed by atoms with E-state index in [1.807, 2.05) is 0 Å². The molecular formula is C23H23NO7. The summed E-state index contributed by atoms with van der Waals surface area (Å²) in [6, 6.07) is 8.89. The number of carbonyl (C=O) groups excluding carboxylic acids is 3. The van der Waals surface area contributed by atoms with Gasteiger partial charge >= 0.3 is 5.97 Å². The summed E-state index contributed by atoms with van der Waals surface area (Å²) in [6.07, 6.45) is 1.22. The Balaban J connectivity index is 1.92. The monoisotopic (exact) mass is 425 g/mol. The Bertz CT molecular complexity index is 1030. The molecule has 1 N–H and O–H groups in total. The summed E-state index contributed by atoms with van der Waals surface area (Å²) in [5, 5.41) is 9.56. The fraction of sp³-hybridized carbons (Fsp3) is 0.261. The number of benzene rings is 2. The van der Waals surface area contributed by atoms with Gasteiger partial charge in [-0.15, -0.1) is 0 Å². The first kappa shape index (κ1) is 22.0. The SMILES string of the molecule is C=CCOc1cc(OC)ccc1N1C(=O)c2ccc(C(=O)OCC(O)CC)cc2C1=O. The van der Waals surface area contributed by atoms with E-state index in [1.165, 1.54) is 25.3 Å². The van der Waals surface area contributed by atoms with E-state index in [1.54, 1.807) is 31.2 Å². The van der Waals surface area contributed by atoms with Crippen molar-refractivity contribution in [3.63, 3.8) is 0 Å². The van der Waals surface area contributed by atoms with Gasteiger partial charge in [-0.3, -0.25) is 9.59 Å². The molecule has 0 saturated carbocycles. The van der Waals surface area contributed by atoms with Crippen LogP contribution in [-0.4, -0.2) is 49.3 Å². The second-order valence-electron chi connectivity index (χ2n) is 6.80. The number of anilines is 1. The van der Waals surface area contributed by atoms with Crippen LogP contribution in [0.25, 0.3) is 0 Å².